The fraction of sp³-hybridized carbons (Fsp3) is 0.0508. The summed E-state index contributed by atoms with van der Waals surface area (Å²) in [6.07, 6.45) is 0. The second-order valence-corrected chi connectivity index (χ2v) is 17.2. The molecule has 274 valence electrons. The molecule has 0 saturated carbocycles. The Labute approximate surface area is 343 Å². The quantitative estimate of drug-likeness (QED) is 0.157. The lowest BCUT2D eigenvalue weighted by Gasteiger charge is -2.23. The summed E-state index contributed by atoms with van der Waals surface area (Å²) in [6.45, 7) is 4.76. The molecule has 0 heteroatoms. The Hall–Kier alpha value is -7.28. The van der Waals surface area contributed by atoms with Crippen molar-refractivity contribution < 1.29 is 0 Å². The summed E-state index contributed by atoms with van der Waals surface area (Å²) in [5, 5.41) is 15.7. The first-order chi connectivity index (χ1) is 29.0. The highest BCUT2D eigenvalue weighted by atomic mass is 14.4. The molecule has 0 aromatic heterocycles. The van der Waals surface area contributed by atoms with E-state index in [1.807, 2.05) is 0 Å². The smallest absolute Gasteiger partial charge is 0.0159 e. The maximum Gasteiger partial charge on any atom is 0.0159 e. The molecule has 0 N–H and O–H groups in total. The van der Waals surface area contributed by atoms with Crippen LogP contribution in [0.5, 0.6) is 0 Å². The number of hydrogen-bond donors (Lipinski definition) is 0. The fourth-order valence-electron chi connectivity index (χ4n) is 11.0. The largest absolute Gasteiger partial charge is 0.0619 e. The predicted octanol–water partition coefficient (Wildman–Crippen LogP) is 16.5. The molecule has 59 heavy (non-hydrogen) atoms. The lowest BCUT2D eigenvalue weighted by Crippen LogP contribution is -2.14. The van der Waals surface area contributed by atoms with E-state index >= 15 is 0 Å². The van der Waals surface area contributed by atoms with E-state index in [0.29, 0.717) is 0 Å². The molecule has 0 heterocycles. The number of rotatable bonds is 4. The van der Waals surface area contributed by atoms with Crippen LogP contribution in [0.3, 0.4) is 0 Å². The molecule has 0 fully saturated rings. The van der Waals surface area contributed by atoms with Crippen LogP contribution in [-0.2, 0) is 5.41 Å². The van der Waals surface area contributed by atoms with Gasteiger partial charge in [-0.3, -0.25) is 0 Å². The van der Waals surface area contributed by atoms with Crippen molar-refractivity contribution in [2.75, 3.05) is 0 Å². The molecule has 0 aliphatic heterocycles. The van der Waals surface area contributed by atoms with E-state index in [9.17, 15) is 0 Å². The Bertz CT molecular complexity index is 3660. The van der Waals surface area contributed by atoms with Crippen molar-refractivity contribution in [3.8, 4) is 55.6 Å². The van der Waals surface area contributed by atoms with Crippen LogP contribution in [0.1, 0.15) is 25.0 Å². The molecule has 0 amide bonds. The molecule has 0 radical (unpaired) electrons. The van der Waals surface area contributed by atoms with Crippen LogP contribution in [0.25, 0.3) is 120 Å². The number of hydrogen-bond acceptors (Lipinski definition) is 0. The topological polar surface area (TPSA) is 0 Å². The molecule has 1 aliphatic rings. The van der Waals surface area contributed by atoms with Gasteiger partial charge in [0.1, 0.15) is 0 Å². The predicted molar refractivity (Wildman–Crippen MR) is 253 cm³/mol. The van der Waals surface area contributed by atoms with E-state index in [-0.39, 0.29) is 5.41 Å². The summed E-state index contributed by atoms with van der Waals surface area (Å²) >= 11 is 0. The Balaban J connectivity index is 1.07. The van der Waals surface area contributed by atoms with Crippen LogP contribution in [0.15, 0.2) is 194 Å². The highest BCUT2D eigenvalue weighted by Crippen LogP contribution is 2.51. The van der Waals surface area contributed by atoms with E-state index in [0.717, 1.165) is 0 Å². The third-order valence-corrected chi connectivity index (χ3v) is 13.8. The van der Waals surface area contributed by atoms with Gasteiger partial charge in [-0.15, -0.1) is 0 Å². The molecular weight excluding hydrogens is 709 g/mol. The number of benzene rings is 12. The molecular formula is C59H38. The maximum absolute atomic E-state index is 2.49. The molecule has 0 spiro atoms. The van der Waals surface area contributed by atoms with Crippen molar-refractivity contribution in [2.45, 2.75) is 19.3 Å². The maximum atomic E-state index is 2.49. The van der Waals surface area contributed by atoms with Crippen molar-refractivity contribution >= 4 is 64.6 Å². The molecule has 13 rings (SSSR count). The average Bonchev–Trinajstić information content (AvgIpc) is 3.52. The van der Waals surface area contributed by atoms with E-state index in [1.54, 1.807) is 0 Å². The molecule has 1 aliphatic carbocycles. The van der Waals surface area contributed by atoms with Crippen molar-refractivity contribution in [3.05, 3.63) is 205 Å². The van der Waals surface area contributed by atoms with E-state index < -0.39 is 0 Å². The third-order valence-electron chi connectivity index (χ3n) is 13.8. The fourth-order valence-corrected chi connectivity index (χ4v) is 11.0. The molecule has 0 atom stereocenters. The minimum Gasteiger partial charge on any atom is -0.0619 e. The highest BCUT2D eigenvalue weighted by molar-refractivity contribution is 6.27. The Kier molecular flexibility index (Phi) is 6.60. The summed E-state index contributed by atoms with van der Waals surface area (Å²) in [5.41, 5.74) is 15.3. The zero-order chi connectivity index (χ0) is 39.0. The minimum atomic E-state index is -0.106. The van der Waals surface area contributed by atoms with Gasteiger partial charge in [-0.25, -0.2) is 0 Å². The van der Waals surface area contributed by atoms with Gasteiger partial charge >= 0.3 is 0 Å². The molecule has 0 bridgehead atoms. The first kappa shape index (κ1) is 32.8. The Morgan fingerprint density at radius 1 is 0.254 bits per heavy atom. The van der Waals surface area contributed by atoms with Gasteiger partial charge in [0, 0.05) is 5.41 Å². The Morgan fingerprint density at radius 3 is 1.29 bits per heavy atom. The zero-order valence-corrected chi connectivity index (χ0v) is 33.0. The van der Waals surface area contributed by atoms with Gasteiger partial charge in [0.2, 0.25) is 0 Å². The second kappa shape index (κ2) is 11.9. The summed E-state index contributed by atoms with van der Waals surface area (Å²) in [5.74, 6) is 0. The van der Waals surface area contributed by atoms with Crippen LogP contribution in [0, 0.1) is 0 Å². The van der Waals surface area contributed by atoms with Gasteiger partial charge in [0.25, 0.3) is 0 Å². The molecule has 12 aromatic carbocycles. The lowest BCUT2D eigenvalue weighted by atomic mass is 9.80. The highest BCUT2D eigenvalue weighted by Gasteiger charge is 2.35. The van der Waals surface area contributed by atoms with Gasteiger partial charge in [0.15, 0.2) is 0 Å². The molecule has 12 aromatic rings. The monoisotopic (exact) mass is 746 g/mol. The summed E-state index contributed by atoms with van der Waals surface area (Å²) < 4.78 is 0. The van der Waals surface area contributed by atoms with E-state index in [2.05, 4.69) is 208 Å². The molecule has 0 nitrogen and oxygen atoms in total. The van der Waals surface area contributed by atoms with Gasteiger partial charge in [-0.2, -0.15) is 0 Å². The molecule has 0 saturated heterocycles. The summed E-state index contributed by atoms with van der Waals surface area (Å²) in [7, 11) is 0. The van der Waals surface area contributed by atoms with Gasteiger partial charge in [0.05, 0.1) is 0 Å². The Morgan fingerprint density at radius 2 is 0.661 bits per heavy atom. The summed E-state index contributed by atoms with van der Waals surface area (Å²) in [6, 6.07) is 73.5. The minimum absolute atomic E-state index is 0.106. The zero-order valence-electron chi connectivity index (χ0n) is 33.0. The molecule has 0 unspecified atom stereocenters. The average molecular weight is 747 g/mol. The second-order valence-electron chi connectivity index (χ2n) is 17.2. The van der Waals surface area contributed by atoms with Crippen LogP contribution in [0.4, 0.5) is 0 Å². The van der Waals surface area contributed by atoms with Crippen LogP contribution in [0.2, 0.25) is 0 Å². The van der Waals surface area contributed by atoms with Gasteiger partial charge in [-0.1, -0.05) is 196 Å². The van der Waals surface area contributed by atoms with Crippen LogP contribution < -0.4 is 0 Å². The van der Waals surface area contributed by atoms with E-state index in [1.165, 1.54) is 131 Å². The van der Waals surface area contributed by atoms with Crippen molar-refractivity contribution in [3.63, 3.8) is 0 Å². The van der Waals surface area contributed by atoms with Crippen LogP contribution in [-0.4, -0.2) is 0 Å². The standard InChI is InChI=1S/C59H38/c1-59(2)53-16-6-5-15-48(53)49-30-26-42(34-54(49)59)52-33-41(43-27-21-39-19-17-35-9-7-11-37-23-31-50(43)57(39)55(35)37)25-29-47(52)45-14-4-3-13-44(45)46-28-22-40-20-18-36-10-8-12-38-24-32-51(46)58(40)56(36)38/h3-34H,1-2H3. The van der Waals surface area contributed by atoms with Crippen molar-refractivity contribution in [2.24, 2.45) is 0 Å². The lowest BCUT2D eigenvalue weighted by molar-refractivity contribution is 0.660. The van der Waals surface area contributed by atoms with Crippen molar-refractivity contribution in [1.82, 2.24) is 0 Å². The van der Waals surface area contributed by atoms with E-state index in [4.69, 9.17) is 0 Å². The third kappa shape index (κ3) is 4.55. The normalized spacial score (nSPS) is 13.4. The first-order valence-electron chi connectivity index (χ1n) is 20.8. The van der Waals surface area contributed by atoms with Gasteiger partial charge < -0.3 is 0 Å². The number of fused-ring (bicyclic) bond motifs is 3. The van der Waals surface area contributed by atoms with Crippen molar-refractivity contribution in [1.29, 1.82) is 0 Å². The summed E-state index contributed by atoms with van der Waals surface area (Å²) in [4.78, 5) is 0. The van der Waals surface area contributed by atoms with Crippen LogP contribution >= 0.6 is 0 Å². The first-order valence-corrected chi connectivity index (χ1v) is 20.8. The van der Waals surface area contributed by atoms with Gasteiger partial charge in [-0.05, 0) is 144 Å². The SMILES string of the molecule is CC1(C)c2ccccc2-c2ccc(-c3cc(-c4ccc5ccc6cccc7ccc4c5c67)ccc3-c3ccccc3-c3ccc4ccc5cccc6ccc3c4c56)cc21.